The number of rotatable bonds is 0. The molecular weight excluding hydrogens is 134 g/mol. The molecule has 1 rings (SSSR count). The van der Waals surface area contributed by atoms with E-state index in [4.69, 9.17) is 0 Å². The molecule has 0 spiro atoms. The Morgan fingerprint density at radius 3 is 2.64 bits per heavy atom. The van der Waals surface area contributed by atoms with Crippen molar-refractivity contribution in [2.24, 2.45) is 4.99 Å². The molecule has 0 aromatic heterocycles. The normalized spacial score (nSPS) is 24.5. The standard InChI is InChI=1S/C10H13N/c1-4-9-7-8(2)5-6-10(9)11-3/h4-7H,1-3H3/b9-4-,11-10?. The minimum absolute atomic E-state index is 1.07. The molecule has 0 radical (unpaired) electrons. The molecule has 11 heavy (non-hydrogen) atoms. The van der Waals surface area contributed by atoms with Gasteiger partial charge >= 0.3 is 0 Å². The smallest absolute Gasteiger partial charge is 0.0640 e. The molecular formula is C10H13N. The highest BCUT2D eigenvalue weighted by atomic mass is 14.7. The molecule has 0 aromatic rings. The SMILES string of the molecule is C/C=C1/C=C(C)C=CC1=NC. The van der Waals surface area contributed by atoms with Gasteiger partial charge in [-0.1, -0.05) is 23.8 Å². The van der Waals surface area contributed by atoms with Crippen LogP contribution in [0.4, 0.5) is 0 Å². The van der Waals surface area contributed by atoms with Gasteiger partial charge in [-0.15, -0.1) is 0 Å². The van der Waals surface area contributed by atoms with Gasteiger partial charge in [0, 0.05) is 7.05 Å². The first-order chi connectivity index (χ1) is 5.27. The summed E-state index contributed by atoms with van der Waals surface area (Å²) in [7, 11) is 1.82. The van der Waals surface area contributed by atoms with E-state index in [-0.39, 0.29) is 0 Å². The highest BCUT2D eigenvalue weighted by molar-refractivity contribution is 6.11. The third kappa shape index (κ3) is 1.67. The van der Waals surface area contributed by atoms with E-state index >= 15 is 0 Å². The molecule has 1 nitrogen and oxygen atoms in total. The average molecular weight is 147 g/mol. The molecule has 0 aromatic carbocycles. The van der Waals surface area contributed by atoms with E-state index in [1.165, 1.54) is 11.1 Å². The van der Waals surface area contributed by atoms with Crippen molar-refractivity contribution < 1.29 is 0 Å². The first kappa shape index (κ1) is 7.99. The van der Waals surface area contributed by atoms with E-state index in [1.54, 1.807) is 0 Å². The summed E-state index contributed by atoms with van der Waals surface area (Å²) < 4.78 is 0. The summed E-state index contributed by atoms with van der Waals surface area (Å²) in [6.07, 6.45) is 8.34. The molecule has 58 valence electrons. The lowest BCUT2D eigenvalue weighted by Crippen LogP contribution is -2.00. The highest BCUT2D eigenvalue weighted by Gasteiger charge is 2.02. The van der Waals surface area contributed by atoms with Crippen LogP contribution in [0.2, 0.25) is 0 Å². The van der Waals surface area contributed by atoms with Crippen LogP contribution in [0.25, 0.3) is 0 Å². The van der Waals surface area contributed by atoms with E-state index in [0.717, 1.165) is 5.71 Å². The summed E-state index contributed by atoms with van der Waals surface area (Å²) in [5, 5.41) is 0. The average Bonchev–Trinajstić information content (AvgIpc) is 2.04. The van der Waals surface area contributed by atoms with Crippen molar-refractivity contribution in [2.45, 2.75) is 13.8 Å². The van der Waals surface area contributed by atoms with Crippen LogP contribution in [0, 0.1) is 0 Å². The fourth-order valence-corrected chi connectivity index (χ4v) is 1.11. The van der Waals surface area contributed by atoms with E-state index in [2.05, 4.69) is 30.1 Å². The molecule has 0 amide bonds. The summed E-state index contributed by atoms with van der Waals surface area (Å²) in [6.45, 7) is 4.12. The third-order valence-corrected chi connectivity index (χ3v) is 1.73. The molecule has 0 fully saturated rings. The van der Waals surface area contributed by atoms with Gasteiger partial charge in [-0.25, -0.2) is 0 Å². The second kappa shape index (κ2) is 3.33. The van der Waals surface area contributed by atoms with Gasteiger partial charge in [0.25, 0.3) is 0 Å². The lowest BCUT2D eigenvalue weighted by atomic mass is 10.0. The van der Waals surface area contributed by atoms with Crippen molar-refractivity contribution in [1.82, 2.24) is 0 Å². The molecule has 1 aliphatic carbocycles. The van der Waals surface area contributed by atoms with Gasteiger partial charge in [-0.05, 0) is 25.5 Å². The van der Waals surface area contributed by atoms with Gasteiger partial charge in [0.2, 0.25) is 0 Å². The van der Waals surface area contributed by atoms with Crippen LogP contribution in [0.5, 0.6) is 0 Å². The third-order valence-electron chi connectivity index (χ3n) is 1.73. The molecule has 1 aliphatic rings. The molecule has 0 saturated heterocycles. The van der Waals surface area contributed by atoms with Crippen molar-refractivity contribution in [1.29, 1.82) is 0 Å². The maximum absolute atomic E-state index is 4.15. The molecule has 0 atom stereocenters. The number of hydrogen-bond acceptors (Lipinski definition) is 1. The molecule has 0 heterocycles. The van der Waals surface area contributed by atoms with Crippen LogP contribution < -0.4 is 0 Å². The zero-order valence-corrected chi connectivity index (χ0v) is 7.26. The van der Waals surface area contributed by atoms with Crippen LogP contribution in [0.3, 0.4) is 0 Å². The second-order valence-electron chi connectivity index (χ2n) is 2.57. The Morgan fingerprint density at radius 1 is 1.36 bits per heavy atom. The van der Waals surface area contributed by atoms with Crippen molar-refractivity contribution in [3.8, 4) is 0 Å². The van der Waals surface area contributed by atoms with Crippen molar-refractivity contribution in [3.05, 3.63) is 35.5 Å². The fraction of sp³-hybridized carbons (Fsp3) is 0.300. The minimum atomic E-state index is 1.07. The first-order valence-electron chi connectivity index (χ1n) is 3.77. The highest BCUT2D eigenvalue weighted by Crippen LogP contribution is 2.12. The van der Waals surface area contributed by atoms with Crippen molar-refractivity contribution in [2.75, 3.05) is 7.05 Å². The molecule has 1 heteroatoms. The Morgan fingerprint density at radius 2 is 2.09 bits per heavy atom. The van der Waals surface area contributed by atoms with Gasteiger partial charge < -0.3 is 0 Å². The van der Waals surface area contributed by atoms with Gasteiger partial charge in [0.1, 0.15) is 0 Å². The number of allylic oxidation sites excluding steroid dienone is 6. The van der Waals surface area contributed by atoms with Crippen LogP contribution >= 0.6 is 0 Å². The molecule has 0 saturated carbocycles. The molecule has 0 bridgehead atoms. The second-order valence-corrected chi connectivity index (χ2v) is 2.57. The van der Waals surface area contributed by atoms with Crippen LogP contribution in [-0.2, 0) is 0 Å². The van der Waals surface area contributed by atoms with Crippen molar-refractivity contribution in [3.63, 3.8) is 0 Å². The largest absolute Gasteiger partial charge is 0.288 e. The topological polar surface area (TPSA) is 12.4 Å². The Balaban J connectivity index is 3.03. The number of aliphatic imine (C=N–C) groups is 1. The zero-order chi connectivity index (χ0) is 8.27. The summed E-state index contributed by atoms with van der Waals surface area (Å²) in [5.41, 5.74) is 3.57. The lowest BCUT2D eigenvalue weighted by molar-refractivity contribution is 1.40. The molecule has 0 unspecified atom stereocenters. The maximum atomic E-state index is 4.15. The predicted molar refractivity (Wildman–Crippen MR) is 50.0 cm³/mol. The van der Waals surface area contributed by atoms with Gasteiger partial charge in [-0.3, -0.25) is 4.99 Å². The lowest BCUT2D eigenvalue weighted by Gasteiger charge is -2.07. The summed E-state index contributed by atoms with van der Waals surface area (Å²) in [4.78, 5) is 4.15. The van der Waals surface area contributed by atoms with Crippen LogP contribution in [-0.4, -0.2) is 12.8 Å². The Labute approximate surface area is 67.8 Å². The number of nitrogens with zero attached hydrogens (tertiary/aromatic N) is 1. The minimum Gasteiger partial charge on any atom is -0.288 e. The van der Waals surface area contributed by atoms with E-state index < -0.39 is 0 Å². The summed E-state index contributed by atoms with van der Waals surface area (Å²) >= 11 is 0. The monoisotopic (exact) mass is 147 g/mol. The van der Waals surface area contributed by atoms with Gasteiger partial charge in [-0.2, -0.15) is 0 Å². The van der Waals surface area contributed by atoms with Crippen LogP contribution in [0.15, 0.2) is 40.4 Å². The Hall–Kier alpha value is -1.11. The Bertz CT molecular complexity index is 265. The molecule has 0 aliphatic heterocycles. The summed E-state index contributed by atoms with van der Waals surface area (Å²) in [5.74, 6) is 0. The number of hydrogen-bond donors (Lipinski definition) is 0. The Kier molecular flexibility index (Phi) is 2.42. The molecule has 0 N–H and O–H groups in total. The maximum Gasteiger partial charge on any atom is 0.0640 e. The van der Waals surface area contributed by atoms with Gasteiger partial charge in [0.15, 0.2) is 0 Å². The first-order valence-corrected chi connectivity index (χ1v) is 3.77. The zero-order valence-electron chi connectivity index (χ0n) is 7.26. The fourth-order valence-electron chi connectivity index (χ4n) is 1.11. The summed E-state index contributed by atoms with van der Waals surface area (Å²) in [6, 6.07) is 0. The quantitative estimate of drug-likeness (QED) is 0.499. The van der Waals surface area contributed by atoms with Crippen LogP contribution in [0.1, 0.15) is 13.8 Å². The van der Waals surface area contributed by atoms with E-state index in [0.29, 0.717) is 0 Å². The van der Waals surface area contributed by atoms with Gasteiger partial charge in [0.05, 0.1) is 5.71 Å². The van der Waals surface area contributed by atoms with Crippen molar-refractivity contribution >= 4 is 5.71 Å². The van der Waals surface area contributed by atoms with E-state index in [9.17, 15) is 0 Å². The van der Waals surface area contributed by atoms with E-state index in [1.807, 2.05) is 20.0 Å². The predicted octanol–water partition coefficient (Wildman–Crippen LogP) is 2.52.